The van der Waals surface area contributed by atoms with Crippen LogP contribution >= 0.6 is 0 Å². The summed E-state index contributed by atoms with van der Waals surface area (Å²) in [5.41, 5.74) is 7.77. The van der Waals surface area contributed by atoms with Gasteiger partial charge in [-0.25, -0.2) is 0 Å². The van der Waals surface area contributed by atoms with Crippen LogP contribution in [0.25, 0.3) is 0 Å². The zero-order valence-corrected chi connectivity index (χ0v) is 6.46. The molecule has 2 N–H and O–H groups in total. The summed E-state index contributed by atoms with van der Waals surface area (Å²) < 4.78 is 0. The fraction of sp³-hybridized carbons (Fsp3) is 0.333. The van der Waals surface area contributed by atoms with E-state index in [0.29, 0.717) is 5.92 Å². The van der Waals surface area contributed by atoms with Gasteiger partial charge in [-0.2, -0.15) is 0 Å². The SMILES string of the molecule is C/C=C\C1=C[C@@H](C)C=C1N. The van der Waals surface area contributed by atoms with Crippen molar-refractivity contribution in [1.29, 1.82) is 0 Å². The van der Waals surface area contributed by atoms with E-state index in [2.05, 4.69) is 19.1 Å². The molecule has 0 aromatic rings. The average molecular weight is 135 g/mol. The molecule has 1 aliphatic rings. The Morgan fingerprint density at radius 2 is 2.20 bits per heavy atom. The minimum Gasteiger partial charge on any atom is -0.398 e. The number of nitrogens with two attached hydrogens (primary N) is 1. The van der Waals surface area contributed by atoms with Crippen LogP contribution in [0.2, 0.25) is 0 Å². The minimum atomic E-state index is 0.506. The van der Waals surface area contributed by atoms with Gasteiger partial charge < -0.3 is 5.73 Å². The third kappa shape index (κ3) is 1.29. The second-order valence-electron chi connectivity index (χ2n) is 2.60. The first-order chi connectivity index (χ1) is 4.74. The van der Waals surface area contributed by atoms with E-state index < -0.39 is 0 Å². The van der Waals surface area contributed by atoms with Gasteiger partial charge in [0.15, 0.2) is 0 Å². The molecule has 0 saturated heterocycles. The predicted octanol–water partition coefficient (Wildman–Crippen LogP) is 1.98. The fourth-order valence-corrected chi connectivity index (χ4v) is 1.14. The lowest BCUT2D eigenvalue weighted by Crippen LogP contribution is -1.94. The second kappa shape index (κ2) is 2.74. The minimum absolute atomic E-state index is 0.506. The molecule has 0 aliphatic heterocycles. The van der Waals surface area contributed by atoms with Crippen LogP contribution in [0.5, 0.6) is 0 Å². The maximum atomic E-state index is 5.70. The first-order valence-corrected chi connectivity index (χ1v) is 3.56. The Morgan fingerprint density at radius 3 is 2.60 bits per heavy atom. The largest absolute Gasteiger partial charge is 0.398 e. The van der Waals surface area contributed by atoms with Gasteiger partial charge in [0, 0.05) is 5.70 Å². The molecule has 1 heteroatoms. The van der Waals surface area contributed by atoms with Crippen molar-refractivity contribution in [2.45, 2.75) is 13.8 Å². The summed E-state index contributed by atoms with van der Waals surface area (Å²) in [7, 11) is 0. The first-order valence-electron chi connectivity index (χ1n) is 3.56. The summed E-state index contributed by atoms with van der Waals surface area (Å²) in [6.07, 6.45) is 8.27. The van der Waals surface area contributed by atoms with Crippen LogP contribution in [0.3, 0.4) is 0 Å². The maximum Gasteiger partial charge on any atom is 0.0349 e. The Hall–Kier alpha value is -0.980. The third-order valence-corrected chi connectivity index (χ3v) is 1.56. The molecular weight excluding hydrogens is 122 g/mol. The highest BCUT2D eigenvalue weighted by Crippen LogP contribution is 2.20. The van der Waals surface area contributed by atoms with E-state index >= 15 is 0 Å². The normalized spacial score (nSPS) is 25.2. The first kappa shape index (κ1) is 7.13. The van der Waals surface area contributed by atoms with Gasteiger partial charge in [-0.1, -0.05) is 31.2 Å². The molecule has 0 bridgehead atoms. The van der Waals surface area contributed by atoms with Crippen molar-refractivity contribution in [3.63, 3.8) is 0 Å². The molecule has 1 nitrogen and oxygen atoms in total. The lowest BCUT2D eigenvalue weighted by Gasteiger charge is -1.92. The lowest BCUT2D eigenvalue weighted by atomic mass is 10.2. The molecule has 0 aromatic carbocycles. The van der Waals surface area contributed by atoms with Gasteiger partial charge in [-0.3, -0.25) is 0 Å². The zero-order chi connectivity index (χ0) is 7.56. The maximum absolute atomic E-state index is 5.70. The van der Waals surface area contributed by atoms with E-state index in [9.17, 15) is 0 Å². The topological polar surface area (TPSA) is 26.0 Å². The molecule has 1 aliphatic carbocycles. The van der Waals surface area contributed by atoms with Gasteiger partial charge >= 0.3 is 0 Å². The van der Waals surface area contributed by atoms with Crippen molar-refractivity contribution in [3.05, 3.63) is 35.6 Å². The van der Waals surface area contributed by atoms with Gasteiger partial charge in [0.05, 0.1) is 0 Å². The van der Waals surface area contributed by atoms with Crippen LogP contribution in [0.15, 0.2) is 35.6 Å². The molecule has 0 amide bonds. The number of rotatable bonds is 1. The monoisotopic (exact) mass is 135 g/mol. The fourth-order valence-electron chi connectivity index (χ4n) is 1.14. The Kier molecular flexibility index (Phi) is 1.95. The van der Waals surface area contributed by atoms with Crippen LogP contribution in [-0.4, -0.2) is 0 Å². The summed E-state index contributed by atoms with van der Waals surface area (Å²) in [4.78, 5) is 0. The van der Waals surface area contributed by atoms with E-state index in [1.54, 1.807) is 0 Å². The molecule has 10 heavy (non-hydrogen) atoms. The summed E-state index contributed by atoms with van der Waals surface area (Å²) in [6.45, 7) is 4.13. The molecule has 0 heterocycles. The Balaban J connectivity index is 2.80. The van der Waals surface area contributed by atoms with Crippen LogP contribution in [-0.2, 0) is 0 Å². The zero-order valence-electron chi connectivity index (χ0n) is 6.46. The molecule has 0 unspecified atom stereocenters. The number of hydrogen-bond acceptors (Lipinski definition) is 1. The Morgan fingerprint density at radius 1 is 1.50 bits per heavy atom. The van der Waals surface area contributed by atoms with Crippen molar-refractivity contribution >= 4 is 0 Å². The van der Waals surface area contributed by atoms with Crippen LogP contribution in [0.1, 0.15) is 13.8 Å². The second-order valence-corrected chi connectivity index (χ2v) is 2.60. The summed E-state index contributed by atoms with van der Waals surface area (Å²) >= 11 is 0. The summed E-state index contributed by atoms with van der Waals surface area (Å²) in [5, 5.41) is 0. The van der Waals surface area contributed by atoms with Gasteiger partial charge in [-0.15, -0.1) is 0 Å². The highest BCUT2D eigenvalue weighted by atomic mass is 14.6. The Bertz CT molecular complexity index is 209. The highest BCUT2D eigenvalue weighted by molar-refractivity contribution is 5.43. The molecule has 54 valence electrons. The van der Waals surface area contributed by atoms with E-state index in [-0.39, 0.29) is 0 Å². The molecule has 0 aromatic heterocycles. The van der Waals surface area contributed by atoms with Gasteiger partial charge in [0.1, 0.15) is 0 Å². The summed E-state index contributed by atoms with van der Waals surface area (Å²) in [5.74, 6) is 0.506. The van der Waals surface area contributed by atoms with Crippen molar-refractivity contribution in [3.8, 4) is 0 Å². The van der Waals surface area contributed by atoms with E-state index in [0.717, 1.165) is 11.3 Å². The summed E-state index contributed by atoms with van der Waals surface area (Å²) in [6, 6.07) is 0. The third-order valence-electron chi connectivity index (χ3n) is 1.56. The van der Waals surface area contributed by atoms with Gasteiger partial charge in [-0.05, 0) is 18.4 Å². The average Bonchev–Trinajstić information content (AvgIpc) is 2.13. The molecule has 0 radical (unpaired) electrons. The molecule has 1 atom stereocenters. The molecule has 0 saturated carbocycles. The van der Waals surface area contributed by atoms with E-state index in [4.69, 9.17) is 5.73 Å². The van der Waals surface area contributed by atoms with E-state index in [1.165, 1.54) is 0 Å². The number of allylic oxidation sites excluding steroid dienone is 4. The van der Waals surface area contributed by atoms with Gasteiger partial charge in [0.2, 0.25) is 0 Å². The molecule has 0 fully saturated rings. The van der Waals surface area contributed by atoms with Crippen molar-refractivity contribution < 1.29 is 0 Å². The van der Waals surface area contributed by atoms with Crippen LogP contribution in [0, 0.1) is 5.92 Å². The molecule has 1 rings (SSSR count). The van der Waals surface area contributed by atoms with Crippen LogP contribution in [0.4, 0.5) is 0 Å². The standard InChI is InChI=1S/C9H13N/c1-3-4-8-5-7(2)6-9(8)10/h3-7H,10H2,1-2H3/b4-3-/t7-/m1/s1. The smallest absolute Gasteiger partial charge is 0.0349 e. The lowest BCUT2D eigenvalue weighted by molar-refractivity contribution is 0.953. The van der Waals surface area contributed by atoms with Crippen molar-refractivity contribution in [2.24, 2.45) is 11.7 Å². The quantitative estimate of drug-likeness (QED) is 0.584. The van der Waals surface area contributed by atoms with Crippen molar-refractivity contribution in [2.75, 3.05) is 0 Å². The van der Waals surface area contributed by atoms with Crippen molar-refractivity contribution in [1.82, 2.24) is 0 Å². The van der Waals surface area contributed by atoms with Crippen LogP contribution < -0.4 is 5.73 Å². The van der Waals surface area contributed by atoms with Gasteiger partial charge in [0.25, 0.3) is 0 Å². The molecular formula is C9H13N. The number of hydrogen-bond donors (Lipinski definition) is 1. The molecule has 0 spiro atoms. The Labute approximate surface area is 61.9 Å². The highest BCUT2D eigenvalue weighted by Gasteiger charge is 2.07. The predicted molar refractivity (Wildman–Crippen MR) is 44.3 cm³/mol. The van der Waals surface area contributed by atoms with E-state index in [1.807, 2.05) is 19.1 Å².